The summed E-state index contributed by atoms with van der Waals surface area (Å²) < 4.78 is 88.6. The van der Waals surface area contributed by atoms with Gasteiger partial charge in [0.25, 0.3) is 0 Å². The third-order valence-corrected chi connectivity index (χ3v) is 2.01. The summed E-state index contributed by atoms with van der Waals surface area (Å²) in [6, 6.07) is 0. The Morgan fingerprint density at radius 1 is 0.714 bits per heavy atom. The number of alkyl halides is 9. The Balaban J connectivity index is 5.54. The van der Waals surface area contributed by atoms with Gasteiger partial charge >= 0.3 is 21.9 Å². The fourth-order valence-electron chi connectivity index (χ4n) is 0.482. The van der Waals surface area contributed by atoms with E-state index in [4.69, 9.17) is 5.11 Å². The van der Waals surface area contributed by atoms with E-state index in [1.165, 1.54) is 0 Å². The van der Waals surface area contributed by atoms with Crippen molar-refractivity contribution in [3.63, 3.8) is 0 Å². The van der Waals surface area contributed by atoms with Crippen LogP contribution >= 0.6 is 22.6 Å². The first-order chi connectivity index (χ1) is 5.75. The maximum Gasteiger partial charge on any atom is 0.433 e. The topological polar surface area (TPSA) is 20.2 Å². The minimum Gasteiger partial charge on any atom is -0.368 e. The molecule has 0 aromatic rings. The molecule has 1 N–H and O–H groups in total. The molecule has 0 radical (unpaired) electrons. The first kappa shape index (κ1) is 14.1. The van der Waals surface area contributed by atoms with Crippen molar-refractivity contribution in [3.8, 4) is 0 Å². The summed E-state index contributed by atoms with van der Waals surface area (Å²) >= 11 is -0.417. The highest BCUT2D eigenvalue weighted by atomic mass is 127. The summed E-state index contributed by atoms with van der Waals surface area (Å²) in [6.07, 6.45) is -13.0. The molecular formula is C4HF8IO. The van der Waals surface area contributed by atoms with Crippen LogP contribution in [0.2, 0.25) is 0 Å². The summed E-state index contributed by atoms with van der Waals surface area (Å²) in [7, 11) is 0. The minimum atomic E-state index is -6.50. The molecule has 0 saturated carbocycles. The zero-order valence-electron chi connectivity index (χ0n) is 5.85. The van der Waals surface area contributed by atoms with Gasteiger partial charge in [-0.3, -0.25) is 0 Å². The van der Waals surface area contributed by atoms with E-state index >= 15 is 0 Å². The smallest absolute Gasteiger partial charge is 0.368 e. The zero-order chi connectivity index (χ0) is 12.0. The van der Waals surface area contributed by atoms with Crippen molar-refractivity contribution in [2.75, 3.05) is 0 Å². The molecule has 86 valence electrons. The summed E-state index contributed by atoms with van der Waals surface area (Å²) in [6.45, 7) is 0. The molecule has 0 aliphatic heterocycles. The normalized spacial score (nSPS) is 15.9. The van der Waals surface area contributed by atoms with Crippen LogP contribution in [-0.4, -0.2) is 27.0 Å². The standard InChI is InChI=1S/C4HF8IO/c5-2(6,7)1(14,3(8,9)10)4(11,12)13/h14H. The minimum absolute atomic E-state index is 0.417. The molecule has 0 spiro atoms. The quantitative estimate of drug-likeness (QED) is 0.441. The van der Waals surface area contributed by atoms with Crippen molar-refractivity contribution in [2.24, 2.45) is 0 Å². The van der Waals surface area contributed by atoms with Gasteiger partial charge < -0.3 is 5.11 Å². The number of hydrogen-bond acceptors (Lipinski definition) is 1. The molecule has 0 saturated heterocycles. The van der Waals surface area contributed by atoms with Crippen LogP contribution in [0.4, 0.5) is 35.1 Å². The van der Waals surface area contributed by atoms with Gasteiger partial charge in [0.05, 0.1) is 0 Å². The third-order valence-electron chi connectivity index (χ3n) is 1.23. The first-order valence-corrected chi connectivity index (χ1v) is 3.75. The van der Waals surface area contributed by atoms with Crippen LogP contribution in [0.15, 0.2) is 0 Å². The number of hydrogen-bond donors (Lipinski definition) is 1. The van der Waals surface area contributed by atoms with E-state index in [2.05, 4.69) is 0 Å². The van der Waals surface area contributed by atoms with Crippen LogP contribution in [0.1, 0.15) is 0 Å². The van der Waals surface area contributed by atoms with Gasteiger partial charge in [0, 0.05) is 22.6 Å². The molecule has 0 fully saturated rings. The molecule has 0 aliphatic rings. The van der Waals surface area contributed by atoms with Gasteiger partial charge in [-0.25, -0.2) is 0 Å². The molecule has 0 rings (SSSR count). The molecule has 0 aliphatic carbocycles. The SMILES string of the molecule is OC(C(F)(F)F)(C(F)(F)F)C(F)(F)I. The molecular weight excluding hydrogens is 343 g/mol. The van der Waals surface area contributed by atoms with Gasteiger partial charge in [-0.05, 0) is 0 Å². The fourth-order valence-corrected chi connectivity index (χ4v) is 1.09. The third kappa shape index (κ3) is 2.04. The molecule has 0 unspecified atom stereocenters. The molecule has 0 amide bonds. The molecule has 0 heterocycles. The van der Waals surface area contributed by atoms with Gasteiger partial charge in [0.1, 0.15) is 0 Å². The lowest BCUT2D eigenvalue weighted by molar-refractivity contribution is -0.400. The van der Waals surface area contributed by atoms with E-state index in [1.54, 1.807) is 0 Å². The Morgan fingerprint density at radius 3 is 0.929 bits per heavy atom. The monoisotopic (exact) mass is 344 g/mol. The lowest BCUT2D eigenvalue weighted by atomic mass is 10.0. The van der Waals surface area contributed by atoms with E-state index in [1.807, 2.05) is 0 Å². The highest BCUT2D eigenvalue weighted by molar-refractivity contribution is 14.1. The van der Waals surface area contributed by atoms with E-state index < -0.39 is 44.5 Å². The van der Waals surface area contributed by atoms with Crippen molar-refractivity contribution in [3.05, 3.63) is 0 Å². The Morgan fingerprint density at radius 2 is 0.929 bits per heavy atom. The molecule has 14 heavy (non-hydrogen) atoms. The highest BCUT2D eigenvalue weighted by Gasteiger charge is 2.81. The molecule has 1 nitrogen and oxygen atoms in total. The van der Waals surface area contributed by atoms with Crippen molar-refractivity contribution >= 4 is 22.6 Å². The van der Waals surface area contributed by atoms with Crippen LogP contribution in [0.25, 0.3) is 0 Å². The average molecular weight is 344 g/mol. The van der Waals surface area contributed by atoms with Crippen molar-refractivity contribution in [2.45, 2.75) is 21.9 Å². The predicted molar refractivity (Wildman–Crippen MR) is 36.0 cm³/mol. The lowest BCUT2D eigenvalue weighted by Gasteiger charge is -2.35. The molecule has 0 bridgehead atoms. The van der Waals surface area contributed by atoms with Crippen LogP contribution in [0, 0.1) is 0 Å². The summed E-state index contributed by atoms with van der Waals surface area (Å²) in [5, 5.41) is 8.01. The average Bonchev–Trinajstić information content (AvgIpc) is 1.77. The van der Waals surface area contributed by atoms with Crippen LogP contribution in [0.5, 0.6) is 0 Å². The summed E-state index contributed by atoms with van der Waals surface area (Å²) in [5.41, 5.74) is -6.03. The number of aliphatic hydroxyl groups is 1. The van der Waals surface area contributed by atoms with E-state index in [0.717, 1.165) is 0 Å². The lowest BCUT2D eigenvalue weighted by Crippen LogP contribution is -2.65. The van der Waals surface area contributed by atoms with Gasteiger partial charge in [0.2, 0.25) is 0 Å². The molecule has 0 atom stereocenters. The second-order valence-corrected chi connectivity index (χ2v) is 3.56. The Hall–Kier alpha value is 0.130. The largest absolute Gasteiger partial charge is 0.433 e. The van der Waals surface area contributed by atoms with E-state index in [9.17, 15) is 35.1 Å². The van der Waals surface area contributed by atoms with E-state index in [-0.39, 0.29) is 0 Å². The van der Waals surface area contributed by atoms with Crippen molar-refractivity contribution in [1.29, 1.82) is 0 Å². The highest BCUT2D eigenvalue weighted by Crippen LogP contribution is 2.54. The van der Waals surface area contributed by atoms with Gasteiger partial charge in [-0.1, -0.05) is 0 Å². The van der Waals surface area contributed by atoms with Crippen LogP contribution < -0.4 is 0 Å². The summed E-state index contributed by atoms with van der Waals surface area (Å²) in [4.78, 5) is 0. The number of halogens is 9. The second kappa shape index (κ2) is 3.32. The Kier molecular flexibility index (Phi) is 3.35. The Bertz CT molecular complexity index is 175. The molecule has 0 aromatic heterocycles. The second-order valence-electron chi connectivity index (χ2n) is 2.20. The van der Waals surface area contributed by atoms with Crippen LogP contribution in [0.3, 0.4) is 0 Å². The summed E-state index contributed by atoms with van der Waals surface area (Å²) in [5.74, 6) is 0. The first-order valence-electron chi connectivity index (χ1n) is 2.67. The maximum absolute atomic E-state index is 12.1. The maximum atomic E-state index is 12.1. The predicted octanol–water partition coefficient (Wildman–Crippen LogP) is 2.87. The zero-order valence-corrected chi connectivity index (χ0v) is 8.01. The molecule has 10 heteroatoms. The van der Waals surface area contributed by atoms with E-state index in [0.29, 0.717) is 0 Å². The van der Waals surface area contributed by atoms with Crippen molar-refractivity contribution < 1.29 is 40.2 Å². The molecule has 0 aromatic carbocycles. The van der Waals surface area contributed by atoms with Crippen LogP contribution in [-0.2, 0) is 0 Å². The van der Waals surface area contributed by atoms with Gasteiger partial charge in [-0.15, -0.1) is 0 Å². The van der Waals surface area contributed by atoms with Gasteiger partial charge in [0.15, 0.2) is 0 Å². The Labute approximate surface area is 85.2 Å². The fraction of sp³-hybridized carbons (Fsp3) is 1.00. The number of rotatable bonds is 1. The van der Waals surface area contributed by atoms with Gasteiger partial charge in [-0.2, -0.15) is 35.1 Å². The van der Waals surface area contributed by atoms with Crippen molar-refractivity contribution in [1.82, 2.24) is 0 Å².